The topological polar surface area (TPSA) is 44.8 Å². The Hall–Kier alpha value is -1.59. The van der Waals surface area contributed by atoms with Crippen LogP contribution in [-0.4, -0.2) is 67.6 Å². The SMILES string of the molecule is CCc1ccc(OC(C)C(=O)N2CCN(CC3CCNCC3)CC2)cc1. The van der Waals surface area contributed by atoms with Crippen LogP contribution in [0.4, 0.5) is 0 Å². The Balaban J connectivity index is 1.43. The van der Waals surface area contributed by atoms with Gasteiger partial charge in [0.1, 0.15) is 5.75 Å². The van der Waals surface area contributed by atoms with E-state index >= 15 is 0 Å². The third-order valence-corrected chi connectivity index (χ3v) is 5.65. The molecule has 0 bridgehead atoms. The smallest absolute Gasteiger partial charge is 0.263 e. The van der Waals surface area contributed by atoms with Crippen molar-refractivity contribution in [2.75, 3.05) is 45.8 Å². The first kappa shape index (κ1) is 19.2. The van der Waals surface area contributed by atoms with Crippen LogP contribution in [0, 0.1) is 5.92 Å². The number of amides is 1. The first-order valence-electron chi connectivity index (χ1n) is 10.1. The van der Waals surface area contributed by atoms with Crippen LogP contribution in [0.5, 0.6) is 5.75 Å². The largest absolute Gasteiger partial charge is 0.481 e. The molecule has 2 aliphatic heterocycles. The second-order valence-corrected chi connectivity index (χ2v) is 7.58. The van der Waals surface area contributed by atoms with Crippen LogP contribution in [0.3, 0.4) is 0 Å². The number of benzene rings is 1. The van der Waals surface area contributed by atoms with Gasteiger partial charge in [-0.25, -0.2) is 0 Å². The molecule has 144 valence electrons. The summed E-state index contributed by atoms with van der Waals surface area (Å²) in [6.07, 6.45) is 3.14. The van der Waals surface area contributed by atoms with E-state index in [1.54, 1.807) is 0 Å². The summed E-state index contributed by atoms with van der Waals surface area (Å²) < 4.78 is 5.87. The molecular weight excluding hydrogens is 326 g/mol. The van der Waals surface area contributed by atoms with E-state index in [9.17, 15) is 4.79 Å². The Morgan fingerprint density at radius 1 is 1.15 bits per heavy atom. The highest BCUT2D eigenvalue weighted by atomic mass is 16.5. The molecule has 2 heterocycles. The summed E-state index contributed by atoms with van der Waals surface area (Å²) in [6.45, 7) is 11.1. The lowest BCUT2D eigenvalue weighted by Crippen LogP contribution is -2.53. The first-order chi connectivity index (χ1) is 12.7. The van der Waals surface area contributed by atoms with Crippen molar-refractivity contribution < 1.29 is 9.53 Å². The fourth-order valence-electron chi connectivity index (χ4n) is 3.90. The number of nitrogens with zero attached hydrogens (tertiary/aromatic N) is 2. The average molecular weight is 360 g/mol. The quantitative estimate of drug-likeness (QED) is 0.845. The molecule has 0 spiro atoms. The maximum absolute atomic E-state index is 12.7. The predicted molar refractivity (Wildman–Crippen MR) is 105 cm³/mol. The Kier molecular flexibility index (Phi) is 6.92. The van der Waals surface area contributed by atoms with Crippen LogP contribution < -0.4 is 10.1 Å². The molecule has 0 aromatic heterocycles. The van der Waals surface area contributed by atoms with Crippen molar-refractivity contribution in [3.05, 3.63) is 29.8 Å². The number of hydrogen-bond acceptors (Lipinski definition) is 4. The van der Waals surface area contributed by atoms with Crippen molar-refractivity contribution in [2.24, 2.45) is 5.92 Å². The molecule has 2 aliphatic rings. The molecule has 0 radical (unpaired) electrons. The van der Waals surface area contributed by atoms with Gasteiger partial charge in [0.15, 0.2) is 6.10 Å². The second kappa shape index (κ2) is 9.38. The molecule has 1 amide bonds. The monoisotopic (exact) mass is 359 g/mol. The van der Waals surface area contributed by atoms with Gasteiger partial charge >= 0.3 is 0 Å². The van der Waals surface area contributed by atoms with Crippen LogP contribution in [0.25, 0.3) is 0 Å². The predicted octanol–water partition coefficient (Wildman–Crippen LogP) is 2.16. The highest BCUT2D eigenvalue weighted by Crippen LogP contribution is 2.17. The second-order valence-electron chi connectivity index (χ2n) is 7.58. The molecule has 2 fully saturated rings. The summed E-state index contributed by atoms with van der Waals surface area (Å²) in [6, 6.07) is 8.04. The lowest BCUT2D eigenvalue weighted by atomic mass is 9.97. The van der Waals surface area contributed by atoms with Crippen molar-refractivity contribution in [1.29, 1.82) is 0 Å². The number of piperazine rings is 1. The first-order valence-corrected chi connectivity index (χ1v) is 10.1. The van der Waals surface area contributed by atoms with E-state index in [0.29, 0.717) is 0 Å². The normalized spacial score (nSPS) is 20.8. The average Bonchev–Trinajstić information content (AvgIpc) is 2.69. The lowest BCUT2D eigenvalue weighted by molar-refractivity contribution is -0.139. The number of nitrogens with one attached hydrogen (secondary N) is 1. The molecule has 0 saturated carbocycles. The summed E-state index contributed by atoms with van der Waals surface area (Å²) in [4.78, 5) is 17.2. The number of rotatable bonds is 6. The summed E-state index contributed by atoms with van der Waals surface area (Å²) >= 11 is 0. The fraction of sp³-hybridized carbons (Fsp3) is 0.667. The zero-order valence-electron chi connectivity index (χ0n) is 16.2. The van der Waals surface area contributed by atoms with Crippen molar-refractivity contribution in [3.63, 3.8) is 0 Å². The van der Waals surface area contributed by atoms with Crippen molar-refractivity contribution in [1.82, 2.24) is 15.1 Å². The van der Waals surface area contributed by atoms with Crippen LogP contribution in [0.1, 0.15) is 32.3 Å². The molecule has 1 atom stereocenters. The molecular formula is C21H33N3O2. The zero-order valence-corrected chi connectivity index (χ0v) is 16.2. The summed E-state index contributed by atoms with van der Waals surface area (Å²) in [5, 5.41) is 3.43. The minimum absolute atomic E-state index is 0.103. The lowest BCUT2D eigenvalue weighted by Gasteiger charge is -2.38. The van der Waals surface area contributed by atoms with Gasteiger partial charge in [-0.05, 0) is 62.9 Å². The third-order valence-electron chi connectivity index (χ3n) is 5.65. The van der Waals surface area contributed by atoms with Gasteiger partial charge in [-0.1, -0.05) is 19.1 Å². The van der Waals surface area contributed by atoms with Gasteiger partial charge in [0.25, 0.3) is 5.91 Å². The molecule has 26 heavy (non-hydrogen) atoms. The van der Waals surface area contributed by atoms with E-state index < -0.39 is 6.10 Å². The number of aryl methyl sites for hydroxylation is 1. The van der Waals surface area contributed by atoms with Gasteiger partial charge in [0.05, 0.1) is 0 Å². The summed E-state index contributed by atoms with van der Waals surface area (Å²) in [5.74, 6) is 1.69. The minimum Gasteiger partial charge on any atom is -0.481 e. The number of hydrogen-bond donors (Lipinski definition) is 1. The summed E-state index contributed by atoms with van der Waals surface area (Å²) in [7, 11) is 0. The van der Waals surface area contributed by atoms with Crippen molar-refractivity contribution in [3.8, 4) is 5.75 Å². The van der Waals surface area contributed by atoms with E-state index in [1.807, 2.05) is 24.0 Å². The molecule has 1 aromatic rings. The van der Waals surface area contributed by atoms with E-state index in [1.165, 1.54) is 24.9 Å². The zero-order chi connectivity index (χ0) is 18.4. The van der Waals surface area contributed by atoms with Gasteiger partial charge < -0.3 is 15.0 Å². The Bertz CT molecular complexity index is 561. The molecule has 2 saturated heterocycles. The van der Waals surface area contributed by atoms with Gasteiger partial charge in [0, 0.05) is 32.7 Å². The van der Waals surface area contributed by atoms with E-state index in [-0.39, 0.29) is 5.91 Å². The summed E-state index contributed by atoms with van der Waals surface area (Å²) in [5.41, 5.74) is 1.28. The van der Waals surface area contributed by atoms with Crippen LogP contribution >= 0.6 is 0 Å². The molecule has 1 unspecified atom stereocenters. The Morgan fingerprint density at radius 3 is 2.42 bits per heavy atom. The maximum atomic E-state index is 12.7. The molecule has 3 rings (SSSR count). The molecule has 5 heteroatoms. The molecule has 1 aromatic carbocycles. The Labute approximate surface area is 157 Å². The van der Waals surface area contributed by atoms with Gasteiger partial charge in [-0.15, -0.1) is 0 Å². The molecule has 5 nitrogen and oxygen atoms in total. The molecule has 0 aliphatic carbocycles. The third kappa shape index (κ3) is 5.21. The van der Waals surface area contributed by atoms with Crippen molar-refractivity contribution >= 4 is 5.91 Å². The van der Waals surface area contributed by atoms with Gasteiger partial charge in [-0.3, -0.25) is 9.69 Å². The fourth-order valence-corrected chi connectivity index (χ4v) is 3.90. The van der Waals surface area contributed by atoms with E-state index in [4.69, 9.17) is 4.74 Å². The minimum atomic E-state index is -0.432. The van der Waals surface area contributed by atoms with Crippen LogP contribution in [0.15, 0.2) is 24.3 Å². The number of carbonyl (C=O) groups is 1. The number of piperidine rings is 1. The standard InChI is InChI=1S/C21H33N3O2/c1-3-18-4-6-20(7-5-18)26-17(2)21(25)24-14-12-23(13-15-24)16-19-8-10-22-11-9-19/h4-7,17,19,22H,3,8-16H2,1-2H3. The number of carbonyl (C=O) groups excluding carboxylic acids is 1. The molecule has 1 N–H and O–H groups in total. The van der Waals surface area contributed by atoms with Crippen LogP contribution in [-0.2, 0) is 11.2 Å². The maximum Gasteiger partial charge on any atom is 0.263 e. The van der Waals surface area contributed by atoms with E-state index in [2.05, 4.69) is 29.3 Å². The van der Waals surface area contributed by atoms with E-state index in [0.717, 1.165) is 57.4 Å². The number of ether oxygens (including phenoxy) is 1. The van der Waals surface area contributed by atoms with Crippen LogP contribution in [0.2, 0.25) is 0 Å². The highest BCUT2D eigenvalue weighted by molar-refractivity contribution is 5.81. The van der Waals surface area contributed by atoms with Gasteiger partial charge in [0.2, 0.25) is 0 Å². The Morgan fingerprint density at radius 2 is 1.81 bits per heavy atom. The van der Waals surface area contributed by atoms with Crippen molar-refractivity contribution in [2.45, 2.75) is 39.2 Å². The van der Waals surface area contributed by atoms with Gasteiger partial charge in [-0.2, -0.15) is 0 Å². The highest BCUT2D eigenvalue weighted by Gasteiger charge is 2.27.